The van der Waals surface area contributed by atoms with Gasteiger partial charge in [0.1, 0.15) is 5.82 Å². The SMILES string of the molecule is O=C(Nc1cccc(F)c1)[C@@H]1[C@H](C(=O)O)[C@@H]2C=C[C@H]1C2. The first-order valence-electron chi connectivity index (χ1n) is 6.54. The molecule has 2 bridgehead atoms. The van der Waals surface area contributed by atoms with E-state index in [9.17, 15) is 19.1 Å². The van der Waals surface area contributed by atoms with E-state index < -0.39 is 23.6 Å². The number of rotatable bonds is 3. The standard InChI is InChI=1S/C15H14FNO3/c16-10-2-1-3-11(7-10)17-14(18)12-8-4-5-9(6-8)13(12)15(19)20/h1-5,7-9,12-13H,6H2,(H,17,18)(H,19,20)/t8-,9+,12-,13+/m0/s1. The van der Waals surface area contributed by atoms with Crippen LogP contribution in [-0.4, -0.2) is 17.0 Å². The number of aliphatic carboxylic acids is 1. The quantitative estimate of drug-likeness (QED) is 0.832. The Hall–Kier alpha value is -2.17. The molecule has 2 aliphatic carbocycles. The minimum atomic E-state index is -0.943. The van der Waals surface area contributed by atoms with Gasteiger partial charge >= 0.3 is 5.97 Å². The van der Waals surface area contributed by atoms with Crippen molar-refractivity contribution in [1.29, 1.82) is 0 Å². The highest BCUT2D eigenvalue weighted by atomic mass is 19.1. The molecule has 0 saturated heterocycles. The van der Waals surface area contributed by atoms with E-state index in [0.717, 1.165) is 0 Å². The van der Waals surface area contributed by atoms with Crippen molar-refractivity contribution in [3.05, 3.63) is 42.2 Å². The fourth-order valence-corrected chi connectivity index (χ4v) is 3.31. The van der Waals surface area contributed by atoms with E-state index in [2.05, 4.69) is 5.32 Å². The number of carboxylic acid groups (broad SMARTS) is 1. The molecule has 4 nitrogen and oxygen atoms in total. The molecule has 1 aromatic rings. The largest absolute Gasteiger partial charge is 0.481 e. The number of benzene rings is 1. The average molecular weight is 275 g/mol. The lowest BCUT2D eigenvalue weighted by atomic mass is 9.82. The number of hydrogen-bond acceptors (Lipinski definition) is 2. The Kier molecular flexibility index (Phi) is 3.04. The lowest BCUT2D eigenvalue weighted by molar-refractivity contribution is -0.146. The predicted molar refractivity (Wildman–Crippen MR) is 70.4 cm³/mol. The first-order valence-corrected chi connectivity index (χ1v) is 6.54. The van der Waals surface area contributed by atoms with Crippen molar-refractivity contribution in [2.75, 3.05) is 5.32 Å². The van der Waals surface area contributed by atoms with Crippen molar-refractivity contribution >= 4 is 17.6 Å². The highest BCUT2D eigenvalue weighted by molar-refractivity contribution is 5.96. The first-order chi connectivity index (χ1) is 9.56. The molecule has 1 fully saturated rings. The molecule has 1 aromatic carbocycles. The van der Waals surface area contributed by atoms with Crippen molar-refractivity contribution in [2.24, 2.45) is 23.7 Å². The smallest absolute Gasteiger partial charge is 0.307 e. The molecular formula is C15H14FNO3. The van der Waals surface area contributed by atoms with E-state index in [1.54, 1.807) is 6.07 Å². The second-order valence-corrected chi connectivity index (χ2v) is 5.34. The van der Waals surface area contributed by atoms with E-state index in [1.807, 2.05) is 12.2 Å². The lowest BCUT2D eigenvalue weighted by Gasteiger charge is -2.23. The number of fused-ring (bicyclic) bond motifs is 2. The molecular weight excluding hydrogens is 261 g/mol. The third-order valence-electron chi connectivity index (χ3n) is 4.14. The van der Waals surface area contributed by atoms with E-state index in [1.165, 1.54) is 18.2 Å². The van der Waals surface area contributed by atoms with E-state index >= 15 is 0 Å². The van der Waals surface area contributed by atoms with Gasteiger partial charge in [-0.3, -0.25) is 9.59 Å². The zero-order chi connectivity index (χ0) is 14.3. The van der Waals surface area contributed by atoms with Gasteiger partial charge in [0.05, 0.1) is 11.8 Å². The Balaban J connectivity index is 1.80. The van der Waals surface area contributed by atoms with Crippen molar-refractivity contribution in [1.82, 2.24) is 0 Å². The van der Waals surface area contributed by atoms with Gasteiger partial charge in [-0.15, -0.1) is 0 Å². The minimum absolute atomic E-state index is 0.0327. The van der Waals surface area contributed by atoms with Gasteiger partial charge in [-0.25, -0.2) is 4.39 Å². The topological polar surface area (TPSA) is 66.4 Å². The van der Waals surface area contributed by atoms with Gasteiger partial charge in [-0.1, -0.05) is 18.2 Å². The van der Waals surface area contributed by atoms with E-state index in [-0.39, 0.29) is 17.7 Å². The summed E-state index contributed by atoms with van der Waals surface area (Å²) in [7, 11) is 0. The second kappa shape index (κ2) is 4.74. The van der Waals surface area contributed by atoms with Crippen LogP contribution >= 0.6 is 0 Å². The van der Waals surface area contributed by atoms with Crippen LogP contribution in [0.15, 0.2) is 36.4 Å². The molecule has 3 rings (SSSR count). The van der Waals surface area contributed by atoms with Crippen LogP contribution in [0.4, 0.5) is 10.1 Å². The third kappa shape index (κ3) is 2.09. The molecule has 20 heavy (non-hydrogen) atoms. The molecule has 0 aromatic heterocycles. The van der Waals surface area contributed by atoms with Crippen LogP contribution < -0.4 is 5.32 Å². The summed E-state index contributed by atoms with van der Waals surface area (Å²) in [6.45, 7) is 0. The van der Waals surface area contributed by atoms with E-state index in [4.69, 9.17) is 0 Å². The molecule has 0 radical (unpaired) electrons. The maximum Gasteiger partial charge on any atom is 0.307 e. The molecule has 2 N–H and O–H groups in total. The number of halogens is 1. The zero-order valence-corrected chi connectivity index (χ0v) is 10.6. The molecule has 1 saturated carbocycles. The Morgan fingerprint density at radius 1 is 1.20 bits per heavy atom. The lowest BCUT2D eigenvalue weighted by Crippen LogP contribution is -2.36. The number of anilines is 1. The summed E-state index contributed by atoms with van der Waals surface area (Å²) in [6, 6.07) is 5.59. The number of carbonyl (C=O) groups excluding carboxylic acids is 1. The molecule has 0 aliphatic heterocycles. The Morgan fingerprint density at radius 2 is 1.90 bits per heavy atom. The van der Waals surface area contributed by atoms with Crippen LogP contribution in [0.1, 0.15) is 6.42 Å². The highest BCUT2D eigenvalue weighted by Gasteiger charge is 2.51. The monoisotopic (exact) mass is 275 g/mol. The van der Waals surface area contributed by atoms with Gasteiger partial charge in [-0.05, 0) is 36.5 Å². The fourth-order valence-electron chi connectivity index (χ4n) is 3.31. The molecule has 0 unspecified atom stereocenters. The van der Waals surface area contributed by atoms with Crippen LogP contribution in [-0.2, 0) is 9.59 Å². The summed E-state index contributed by atoms with van der Waals surface area (Å²) in [4.78, 5) is 23.6. The summed E-state index contributed by atoms with van der Waals surface area (Å²) < 4.78 is 13.1. The molecule has 104 valence electrons. The summed E-state index contributed by atoms with van der Waals surface area (Å²) >= 11 is 0. The first kappa shape index (κ1) is 12.8. The molecule has 2 aliphatic rings. The maximum absolute atomic E-state index is 13.1. The number of carboxylic acids is 1. The number of amides is 1. The normalized spacial score (nSPS) is 30.4. The van der Waals surface area contributed by atoms with Gasteiger partial charge < -0.3 is 10.4 Å². The third-order valence-corrected chi connectivity index (χ3v) is 4.14. The summed E-state index contributed by atoms with van der Waals surface area (Å²) in [5, 5.41) is 11.9. The Labute approximate surface area is 115 Å². The summed E-state index contributed by atoms with van der Waals surface area (Å²) in [5.74, 6) is -3.09. The number of allylic oxidation sites excluding steroid dienone is 2. The van der Waals surface area contributed by atoms with Gasteiger partial charge in [-0.2, -0.15) is 0 Å². The van der Waals surface area contributed by atoms with Crippen molar-refractivity contribution in [3.8, 4) is 0 Å². The molecule has 0 spiro atoms. The fraction of sp³-hybridized carbons (Fsp3) is 0.333. The van der Waals surface area contributed by atoms with Crippen LogP contribution in [0, 0.1) is 29.5 Å². The number of hydrogen-bond donors (Lipinski definition) is 2. The zero-order valence-electron chi connectivity index (χ0n) is 10.6. The summed E-state index contributed by atoms with van der Waals surface area (Å²) in [5.41, 5.74) is 0.353. The summed E-state index contributed by atoms with van der Waals surface area (Å²) in [6.07, 6.45) is 4.51. The van der Waals surface area contributed by atoms with Crippen LogP contribution in [0.3, 0.4) is 0 Å². The van der Waals surface area contributed by atoms with Gasteiger partial charge in [0.2, 0.25) is 5.91 Å². The van der Waals surface area contributed by atoms with Crippen LogP contribution in [0.2, 0.25) is 0 Å². The Morgan fingerprint density at radius 3 is 2.55 bits per heavy atom. The Bertz CT molecular complexity index is 599. The van der Waals surface area contributed by atoms with Crippen molar-refractivity contribution < 1.29 is 19.1 Å². The second-order valence-electron chi connectivity index (χ2n) is 5.34. The van der Waals surface area contributed by atoms with Crippen LogP contribution in [0.5, 0.6) is 0 Å². The van der Waals surface area contributed by atoms with Gasteiger partial charge in [0.25, 0.3) is 0 Å². The van der Waals surface area contributed by atoms with Crippen molar-refractivity contribution in [2.45, 2.75) is 6.42 Å². The number of carbonyl (C=O) groups is 2. The maximum atomic E-state index is 13.1. The molecule has 1 amide bonds. The van der Waals surface area contributed by atoms with Gasteiger partial charge in [0, 0.05) is 5.69 Å². The molecule has 5 heteroatoms. The van der Waals surface area contributed by atoms with Gasteiger partial charge in [0.15, 0.2) is 0 Å². The minimum Gasteiger partial charge on any atom is -0.481 e. The predicted octanol–water partition coefficient (Wildman–Crippen LogP) is 2.29. The van der Waals surface area contributed by atoms with E-state index in [0.29, 0.717) is 12.1 Å². The number of nitrogens with one attached hydrogen (secondary N) is 1. The average Bonchev–Trinajstić information content (AvgIpc) is 2.98. The molecule has 4 atom stereocenters. The van der Waals surface area contributed by atoms with Crippen molar-refractivity contribution in [3.63, 3.8) is 0 Å². The molecule has 0 heterocycles. The van der Waals surface area contributed by atoms with Crippen LogP contribution in [0.25, 0.3) is 0 Å². The highest BCUT2D eigenvalue weighted by Crippen LogP contribution is 2.48.